The van der Waals surface area contributed by atoms with Crippen molar-refractivity contribution in [3.63, 3.8) is 0 Å². The summed E-state index contributed by atoms with van der Waals surface area (Å²) in [4.78, 5) is 17.3. The molecule has 0 radical (unpaired) electrons. The summed E-state index contributed by atoms with van der Waals surface area (Å²) in [6.07, 6.45) is -0.258. The first-order chi connectivity index (χ1) is 9.23. The molecule has 110 valence electrons. The summed E-state index contributed by atoms with van der Waals surface area (Å²) >= 11 is 0. The van der Waals surface area contributed by atoms with Gasteiger partial charge in [0.25, 0.3) is 5.91 Å². The van der Waals surface area contributed by atoms with Crippen LogP contribution in [-0.4, -0.2) is 33.5 Å². The van der Waals surface area contributed by atoms with Crippen molar-refractivity contribution >= 4 is 5.91 Å². The zero-order valence-electron chi connectivity index (χ0n) is 11.0. The van der Waals surface area contributed by atoms with Crippen LogP contribution in [0.3, 0.4) is 0 Å². The molecule has 0 aromatic carbocycles. The number of carbonyl (C=O) groups is 1. The second kappa shape index (κ2) is 5.05. The molecule has 4 nitrogen and oxygen atoms in total. The number of hydrogen-bond donors (Lipinski definition) is 1. The van der Waals surface area contributed by atoms with Crippen LogP contribution in [0.25, 0.3) is 0 Å². The molecule has 1 unspecified atom stereocenters. The summed E-state index contributed by atoms with van der Waals surface area (Å²) in [6, 6.07) is 3.24. The van der Waals surface area contributed by atoms with Gasteiger partial charge in [-0.25, -0.2) is 0 Å². The van der Waals surface area contributed by atoms with E-state index in [1.165, 1.54) is 11.1 Å². The van der Waals surface area contributed by atoms with Crippen molar-refractivity contribution in [3.8, 4) is 0 Å². The van der Waals surface area contributed by atoms with E-state index in [0.717, 1.165) is 0 Å². The minimum Gasteiger partial charge on any atom is -0.333 e. The van der Waals surface area contributed by atoms with Gasteiger partial charge in [-0.15, -0.1) is 0 Å². The van der Waals surface area contributed by atoms with Crippen LogP contribution in [0.15, 0.2) is 24.5 Å². The molecule has 1 heterocycles. The first kappa shape index (κ1) is 14.8. The van der Waals surface area contributed by atoms with E-state index in [2.05, 4.69) is 4.98 Å². The molecule has 1 aliphatic rings. The van der Waals surface area contributed by atoms with E-state index < -0.39 is 17.6 Å². The molecule has 0 spiro atoms. The number of aromatic nitrogens is 1. The fourth-order valence-corrected chi connectivity index (χ4v) is 1.86. The van der Waals surface area contributed by atoms with Gasteiger partial charge >= 0.3 is 6.18 Å². The minimum absolute atomic E-state index is 0.0974. The smallest absolute Gasteiger partial charge is 0.333 e. The molecule has 7 heteroatoms. The molecule has 1 aliphatic carbocycles. The molecule has 1 atom stereocenters. The average molecular weight is 287 g/mol. The van der Waals surface area contributed by atoms with Gasteiger partial charge in [0.05, 0.1) is 0 Å². The van der Waals surface area contributed by atoms with Gasteiger partial charge in [0.2, 0.25) is 0 Å². The number of halogens is 3. The third kappa shape index (κ3) is 2.92. The highest BCUT2D eigenvalue weighted by Crippen LogP contribution is 2.35. The third-order valence-corrected chi connectivity index (χ3v) is 3.36. The topological polar surface area (TPSA) is 59.2 Å². The highest BCUT2D eigenvalue weighted by molar-refractivity contribution is 5.87. The Morgan fingerprint density at radius 2 is 2.15 bits per heavy atom. The lowest BCUT2D eigenvalue weighted by Crippen LogP contribution is -2.62. The van der Waals surface area contributed by atoms with E-state index in [9.17, 15) is 18.0 Å². The molecule has 1 amide bonds. The lowest BCUT2D eigenvalue weighted by atomic mass is 10.0. The summed E-state index contributed by atoms with van der Waals surface area (Å²) in [5, 5.41) is 0. The molecule has 1 saturated carbocycles. The SMILES string of the molecule is CC(N)(C(=O)N(Cc1cccnc1)C1CC1)C(F)(F)F. The van der Waals surface area contributed by atoms with Gasteiger partial charge in [0.15, 0.2) is 5.54 Å². The van der Waals surface area contributed by atoms with E-state index in [1.54, 1.807) is 18.3 Å². The van der Waals surface area contributed by atoms with Crippen LogP contribution < -0.4 is 5.73 Å². The molecular formula is C13H16F3N3O. The standard InChI is InChI=1S/C13H16F3N3O/c1-12(17,13(14,15)16)11(20)19(10-4-5-10)8-9-3-2-6-18-7-9/h2-3,6-7,10H,4-5,8,17H2,1H3. The molecule has 0 bridgehead atoms. The Kier molecular flexibility index (Phi) is 3.73. The first-order valence-corrected chi connectivity index (χ1v) is 6.29. The van der Waals surface area contributed by atoms with Crippen LogP contribution in [0.2, 0.25) is 0 Å². The highest BCUT2D eigenvalue weighted by Gasteiger charge is 2.56. The van der Waals surface area contributed by atoms with Gasteiger partial charge in [0.1, 0.15) is 0 Å². The zero-order chi connectivity index (χ0) is 15.0. The van der Waals surface area contributed by atoms with Gasteiger partial charge in [-0.3, -0.25) is 9.78 Å². The molecule has 1 aromatic rings. The third-order valence-electron chi connectivity index (χ3n) is 3.36. The average Bonchev–Trinajstić information content (AvgIpc) is 3.19. The Labute approximate surface area is 114 Å². The Hall–Kier alpha value is -1.63. The van der Waals surface area contributed by atoms with Crippen LogP contribution in [-0.2, 0) is 11.3 Å². The number of pyridine rings is 1. The quantitative estimate of drug-likeness (QED) is 0.919. The van der Waals surface area contributed by atoms with Crippen molar-refractivity contribution < 1.29 is 18.0 Å². The zero-order valence-corrected chi connectivity index (χ0v) is 11.0. The van der Waals surface area contributed by atoms with Crippen molar-refractivity contribution in [1.82, 2.24) is 9.88 Å². The fraction of sp³-hybridized carbons (Fsp3) is 0.538. The van der Waals surface area contributed by atoms with E-state index in [0.29, 0.717) is 25.3 Å². The van der Waals surface area contributed by atoms with E-state index in [-0.39, 0.29) is 12.6 Å². The summed E-state index contributed by atoms with van der Waals surface area (Å²) in [5.74, 6) is -1.09. The number of nitrogens with zero attached hydrogens (tertiary/aromatic N) is 2. The van der Waals surface area contributed by atoms with Crippen molar-refractivity contribution in [1.29, 1.82) is 0 Å². The molecule has 0 aliphatic heterocycles. The van der Waals surface area contributed by atoms with Crippen LogP contribution in [0, 0.1) is 0 Å². The second-order valence-electron chi connectivity index (χ2n) is 5.23. The number of alkyl halides is 3. The highest BCUT2D eigenvalue weighted by atomic mass is 19.4. The molecule has 2 rings (SSSR count). The summed E-state index contributed by atoms with van der Waals surface area (Å²) in [7, 11) is 0. The van der Waals surface area contributed by atoms with Crippen LogP contribution in [0.4, 0.5) is 13.2 Å². The van der Waals surface area contributed by atoms with E-state index in [1.807, 2.05) is 0 Å². The molecule has 1 fully saturated rings. The number of amides is 1. The maximum absolute atomic E-state index is 12.9. The van der Waals surface area contributed by atoms with Crippen molar-refractivity contribution in [2.45, 2.75) is 44.1 Å². The summed E-state index contributed by atoms with van der Waals surface area (Å²) in [5.41, 5.74) is 3.05. The molecule has 2 N–H and O–H groups in total. The number of hydrogen-bond acceptors (Lipinski definition) is 3. The predicted octanol–water partition coefficient (Wildman–Crippen LogP) is 1.85. The van der Waals surface area contributed by atoms with E-state index >= 15 is 0 Å². The van der Waals surface area contributed by atoms with Gasteiger partial charge in [-0.2, -0.15) is 13.2 Å². The van der Waals surface area contributed by atoms with E-state index in [4.69, 9.17) is 5.73 Å². The number of carbonyl (C=O) groups excluding carboxylic acids is 1. The second-order valence-corrected chi connectivity index (χ2v) is 5.23. The molecular weight excluding hydrogens is 271 g/mol. The number of rotatable bonds is 4. The maximum Gasteiger partial charge on any atom is 0.415 e. The normalized spacial score (nSPS) is 18.4. The summed E-state index contributed by atoms with van der Waals surface area (Å²) in [6.45, 7) is 0.814. The Bertz CT molecular complexity index is 483. The van der Waals surface area contributed by atoms with Crippen LogP contribution in [0.5, 0.6) is 0 Å². The van der Waals surface area contributed by atoms with Crippen molar-refractivity contribution in [3.05, 3.63) is 30.1 Å². The Balaban J connectivity index is 2.19. The maximum atomic E-state index is 12.9. The Morgan fingerprint density at radius 3 is 2.60 bits per heavy atom. The van der Waals surface area contributed by atoms with Crippen molar-refractivity contribution in [2.75, 3.05) is 0 Å². The van der Waals surface area contributed by atoms with Gasteiger partial charge in [-0.05, 0) is 31.4 Å². The minimum atomic E-state index is -4.77. The lowest BCUT2D eigenvalue weighted by molar-refractivity contribution is -0.194. The lowest BCUT2D eigenvalue weighted by Gasteiger charge is -2.33. The predicted molar refractivity (Wildman–Crippen MR) is 66.5 cm³/mol. The molecule has 1 aromatic heterocycles. The fourth-order valence-electron chi connectivity index (χ4n) is 1.86. The molecule has 0 saturated heterocycles. The first-order valence-electron chi connectivity index (χ1n) is 6.29. The van der Waals surface area contributed by atoms with Crippen LogP contribution >= 0.6 is 0 Å². The largest absolute Gasteiger partial charge is 0.415 e. The van der Waals surface area contributed by atoms with Crippen molar-refractivity contribution in [2.24, 2.45) is 5.73 Å². The summed E-state index contributed by atoms with van der Waals surface area (Å²) < 4.78 is 38.6. The monoisotopic (exact) mass is 287 g/mol. The molecule has 20 heavy (non-hydrogen) atoms. The number of nitrogens with two attached hydrogens (primary N) is 1. The van der Waals surface area contributed by atoms with Gasteiger partial charge in [0, 0.05) is 25.0 Å². The Morgan fingerprint density at radius 1 is 1.50 bits per heavy atom. The van der Waals surface area contributed by atoms with Gasteiger partial charge < -0.3 is 10.6 Å². The van der Waals surface area contributed by atoms with Gasteiger partial charge in [-0.1, -0.05) is 6.07 Å². The van der Waals surface area contributed by atoms with Crippen LogP contribution in [0.1, 0.15) is 25.3 Å².